The smallest absolute Gasteiger partial charge is 0.159 e. The molecule has 0 amide bonds. The van der Waals surface area contributed by atoms with E-state index in [4.69, 9.17) is 9.47 Å². The van der Waals surface area contributed by atoms with Crippen molar-refractivity contribution in [2.24, 2.45) is 34.5 Å². The van der Waals surface area contributed by atoms with E-state index in [0.29, 0.717) is 30.8 Å². The predicted molar refractivity (Wildman–Crippen MR) is 134 cm³/mol. The Labute approximate surface area is 215 Å². The van der Waals surface area contributed by atoms with Gasteiger partial charge in [0.25, 0.3) is 0 Å². The number of carbonyl (C=O) groups is 1. The Hall–Kier alpha value is -0.830. The van der Waals surface area contributed by atoms with Crippen molar-refractivity contribution in [3.63, 3.8) is 0 Å². The summed E-state index contributed by atoms with van der Waals surface area (Å²) in [7, 11) is 0. The lowest BCUT2D eigenvalue weighted by Gasteiger charge is -2.62. The fourth-order valence-electron chi connectivity index (χ4n) is 9.38. The van der Waals surface area contributed by atoms with E-state index >= 15 is 0 Å². The summed E-state index contributed by atoms with van der Waals surface area (Å²) in [6.07, 6.45) is 2.35. The van der Waals surface area contributed by atoms with Crippen LogP contribution in [0, 0.1) is 34.5 Å². The topological polar surface area (TPSA) is 116 Å². The zero-order valence-electron chi connectivity index (χ0n) is 22.7. The lowest BCUT2D eigenvalue weighted by Crippen LogP contribution is -2.66. The maximum atomic E-state index is 13.4. The van der Waals surface area contributed by atoms with Crippen molar-refractivity contribution in [2.75, 3.05) is 0 Å². The van der Waals surface area contributed by atoms with E-state index in [9.17, 15) is 25.2 Å². The fraction of sp³-hybridized carbons (Fsp3) is 0.897. The van der Waals surface area contributed by atoms with Crippen LogP contribution in [0.4, 0.5) is 0 Å². The number of ether oxygens (including phenoxy) is 2. The Morgan fingerprint density at radius 1 is 1.08 bits per heavy atom. The maximum absolute atomic E-state index is 13.4. The molecule has 1 aliphatic heterocycles. The molecule has 7 nitrogen and oxygen atoms in total. The quantitative estimate of drug-likeness (QED) is 0.463. The van der Waals surface area contributed by atoms with Crippen LogP contribution < -0.4 is 0 Å². The zero-order valence-corrected chi connectivity index (χ0v) is 22.7. The molecular formula is C29H46O7. The van der Waals surface area contributed by atoms with Crippen LogP contribution in [0.2, 0.25) is 0 Å². The summed E-state index contributed by atoms with van der Waals surface area (Å²) in [5, 5.41) is 45.1. The summed E-state index contributed by atoms with van der Waals surface area (Å²) in [5.41, 5.74) is -2.68. The van der Waals surface area contributed by atoms with Gasteiger partial charge in [-0.15, -0.1) is 0 Å². The molecule has 1 heterocycles. The summed E-state index contributed by atoms with van der Waals surface area (Å²) in [6.45, 7) is 12.4. The Morgan fingerprint density at radius 2 is 1.78 bits per heavy atom. The summed E-state index contributed by atoms with van der Waals surface area (Å²) < 4.78 is 12.8. The molecule has 5 aliphatic rings. The lowest BCUT2D eigenvalue weighted by atomic mass is 9.44. The minimum Gasteiger partial charge on any atom is -0.392 e. The number of allylic oxidation sites excluding steroid dienone is 1. The van der Waals surface area contributed by atoms with Gasteiger partial charge in [-0.25, -0.2) is 0 Å². The van der Waals surface area contributed by atoms with Crippen LogP contribution in [0.15, 0.2) is 11.6 Å². The monoisotopic (exact) mass is 506 g/mol. The molecule has 4 aliphatic carbocycles. The van der Waals surface area contributed by atoms with Gasteiger partial charge in [0.15, 0.2) is 12.1 Å². The highest BCUT2D eigenvalue weighted by Gasteiger charge is 2.72. The van der Waals surface area contributed by atoms with E-state index in [2.05, 4.69) is 27.7 Å². The van der Waals surface area contributed by atoms with E-state index < -0.39 is 52.2 Å². The molecule has 0 spiro atoms. The van der Waals surface area contributed by atoms with E-state index in [-0.39, 0.29) is 36.9 Å². The number of fused-ring (bicyclic) bond motifs is 5. The van der Waals surface area contributed by atoms with Crippen molar-refractivity contribution in [3.05, 3.63) is 11.6 Å². The number of carbonyl (C=O) groups excluding carboxylic acids is 1. The molecular weight excluding hydrogens is 460 g/mol. The minimum absolute atomic E-state index is 0.0620. The largest absolute Gasteiger partial charge is 0.392 e. The summed E-state index contributed by atoms with van der Waals surface area (Å²) in [6, 6.07) is 0. The van der Waals surface area contributed by atoms with Crippen molar-refractivity contribution >= 4 is 5.78 Å². The second-order valence-electron chi connectivity index (χ2n) is 13.7. The zero-order chi connectivity index (χ0) is 26.4. The molecule has 4 N–H and O–H groups in total. The second kappa shape index (κ2) is 8.59. The van der Waals surface area contributed by atoms with Crippen molar-refractivity contribution in [1.82, 2.24) is 0 Å². The fourth-order valence-corrected chi connectivity index (χ4v) is 9.38. The number of hydrogen-bond donors (Lipinski definition) is 4. The van der Waals surface area contributed by atoms with Gasteiger partial charge in [0.05, 0.1) is 35.6 Å². The van der Waals surface area contributed by atoms with Crippen LogP contribution in [0.25, 0.3) is 0 Å². The first-order valence-electron chi connectivity index (χ1n) is 14.0. The highest BCUT2D eigenvalue weighted by atomic mass is 16.7. The Morgan fingerprint density at radius 3 is 2.44 bits per heavy atom. The van der Waals surface area contributed by atoms with Crippen LogP contribution in [0.1, 0.15) is 86.5 Å². The molecule has 12 atom stereocenters. The van der Waals surface area contributed by atoms with E-state index in [0.717, 1.165) is 12.8 Å². The predicted octanol–water partition coefficient (Wildman–Crippen LogP) is 3.12. The highest BCUT2D eigenvalue weighted by molar-refractivity contribution is 5.95. The number of ketones is 1. The highest BCUT2D eigenvalue weighted by Crippen LogP contribution is 2.69. The third-order valence-electron chi connectivity index (χ3n) is 11.2. The van der Waals surface area contributed by atoms with Gasteiger partial charge in [-0.2, -0.15) is 0 Å². The molecule has 7 heteroatoms. The SMILES string of the molecule is CC(C)CC[C@H]1O[C@@H](C)O[C@]1(C)[C@H]1CC[C@@]2(O)C3=CC(=O)[C@@H]4C[C@@H](O)[C@@H](O)C[C@]4(C)[C@H]3[C@H](O)C[C@]12C. The third-order valence-corrected chi connectivity index (χ3v) is 11.2. The first-order chi connectivity index (χ1) is 16.7. The molecule has 4 fully saturated rings. The number of aliphatic hydroxyl groups excluding tert-OH is 3. The molecule has 5 rings (SSSR count). The molecule has 0 aromatic carbocycles. The Kier molecular flexibility index (Phi) is 6.38. The van der Waals surface area contributed by atoms with E-state index in [1.807, 2.05) is 13.8 Å². The first kappa shape index (κ1) is 26.8. The van der Waals surface area contributed by atoms with Gasteiger partial charge in [0, 0.05) is 17.3 Å². The number of hydrogen-bond acceptors (Lipinski definition) is 7. The average Bonchev–Trinajstić information content (AvgIpc) is 3.21. The Balaban J connectivity index is 1.54. The van der Waals surface area contributed by atoms with Gasteiger partial charge in [0.2, 0.25) is 0 Å². The summed E-state index contributed by atoms with van der Waals surface area (Å²) in [4.78, 5) is 13.4. The number of aliphatic hydroxyl groups is 4. The summed E-state index contributed by atoms with van der Waals surface area (Å²) >= 11 is 0. The Bertz CT molecular complexity index is 933. The average molecular weight is 507 g/mol. The summed E-state index contributed by atoms with van der Waals surface area (Å²) in [5.74, 6) is -0.553. The van der Waals surface area contributed by atoms with Crippen molar-refractivity contribution in [1.29, 1.82) is 0 Å². The van der Waals surface area contributed by atoms with E-state index in [1.165, 1.54) is 0 Å². The van der Waals surface area contributed by atoms with Gasteiger partial charge >= 0.3 is 0 Å². The third kappa shape index (κ3) is 3.56. The van der Waals surface area contributed by atoms with Crippen LogP contribution in [-0.2, 0) is 14.3 Å². The lowest BCUT2D eigenvalue weighted by molar-refractivity contribution is -0.189. The molecule has 1 saturated heterocycles. The minimum atomic E-state index is -1.26. The van der Waals surface area contributed by atoms with Crippen molar-refractivity contribution in [2.45, 2.75) is 128 Å². The van der Waals surface area contributed by atoms with Crippen molar-refractivity contribution < 1.29 is 34.7 Å². The molecule has 0 radical (unpaired) electrons. The number of rotatable bonds is 4. The van der Waals surface area contributed by atoms with Crippen LogP contribution >= 0.6 is 0 Å². The van der Waals surface area contributed by atoms with Crippen LogP contribution in [0.5, 0.6) is 0 Å². The van der Waals surface area contributed by atoms with Gasteiger partial charge < -0.3 is 29.9 Å². The molecule has 0 unspecified atom stereocenters. The van der Waals surface area contributed by atoms with Crippen LogP contribution in [-0.4, -0.2) is 68.1 Å². The van der Waals surface area contributed by atoms with E-state index in [1.54, 1.807) is 6.08 Å². The molecule has 0 aromatic rings. The van der Waals surface area contributed by atoms with Gasteiger partial charge in [-0.05, 0) is 87.7 Å². The standard InChI is InChI=1S/C29H46O7/c1-15(2)7-8-24-28(6,36-16(3)35-24)23-9-10-29(34)18-12-19(30)17-11-20(31)21(32)13-26(17,4)25(18)22(33)14-27(23,29)5/h12,15-17,20-25,31-34H,7-11,13-14H2,1-6H3/t16-,17+,20-,21+,22-,23+,24-,25-,26+,27-,28-,29-/m1/s1. The van der Waals surface area contributed by atoms with Gasteiger partial charge in [0.1, 0.15) is 0 Å². The van der Waals surface area contributed by atoms with Crippen LogP contribution in [0.3, 0.4) is 0 Å². The molecule has 204 valence electrons. The molecule has 0 bridgehead atoms. The second-order valence-corrected chi connectivity index (χ2v) is 13.7. The maximum Gasteiger partial charge on any atom is 0.159 e. The van der Waals surface area contributed by atoms with Gasteiger partial charge in [-0.3, -0.25) is 4.79 Å². The molecule has 36 heavy (non-hydrogen) atoms. The van der Waals surface area contributed by atoms with Crippen molar-refractivity contribution in [3.8, 4) is 0 Å². The normalized spacial score (nSPS) is 54.8. The molecule has 3 saturated carbocycles. The molecule has 0 aromatic heterocycles. The first-order valence-corrected chi connectivity index (χ1v) is 14.0. The van der Waals surface area contributed by atoms with Gasteiger partial charge in [-0.1, -0.05) is 27.7 Å².